The lowest BCUT2D eigenvalue weighted by atomic mass is 9.97. The number of fused-ring (bicyclic) bond motifs is 1. The number of aromatic nitrogens is 3. The zero-order valence-corrected chi connectivity index (χ0v) is 14.3. The molecule has 4 rings (SSSR count). The molecule has 24 heavy (non-hydrogen) atoms. The number of piperidine rings is 1. The number of hydrogen-bond donors (Lipinski definition) is 0. The molecule has 0 radical (unpaired) electrons. The van der Waals surface area contributed by atoms with Gasteiger partial charge in [-0.3, -0.25) is 9.58 Å². The Morgan fingerprint density at radius 3 is 3.04 bits per heavy atom. The number of benzene rings is 1. The van der Waals surface area contributed by atoms with Crippen LogP contribution in [0.4, 0.5) is 0 Å². The van der Waals surface area contributed by atoms with Crippen molar-refractivity contribution in [3.8, 4) is 11.5 Å². The second-order valence-electron chi connectivity index (χ2n) is 6.46. The SMILES string of the molecule is Clc1cc(CN2CCCC(Cn3cncn3)C2)cc2c1OCCO2. The largest absolute Gasteiger partial charge is 0.486 e. The van der Waals surface area contributed by atoms with Gasteiger partial charge < -0.3 is 9.47 Å². The van der Waals surface area contributed by atoms with Crippen LogP contribution in [0.2, 0.25) is 5.02 Å². The molecule has 0 aliphatic carbocycles. The lowest BCUT2D eigenvalue weighted by Crippen LogP contribution is -2.36. The van der Waals surface area contributed by atoms with E-state index in [-0.39, 0.29) is 0 Å². The predicted octanol–water partition coefficient (Wildman–Crippen LogP) is 2.61. The van der Waals surface area contributed by atoms with Crippen LogP contribution in [-0.2, 0) is 13.1 Å². The number of hydrogen-bond acceptors (Lipinski definition) is 5. The van der Waals surface area contributed by atoms with E-state index < -0.39 is 0 Å². The third-order valence-electron chi connectivity index (χ3n) is 4.58. The third-order valence-corrected chi connectivity index (χ3v) is 4.86. The summed E-state index contributed by atoms with van der Waals surface area (Å²) in [5.74, 6) is 2.04. The van der Waals surface area contributed by atoms with Crippen molar-refractivity contribution >= 4 is 11.6 Å². The molecular weight excluding hydrogens is 328 g/mol. The summed E-state index contributed by atoms with van der Waals surface area (Å²) in [4.78, 5) is 6.50. The minimum absolute atomic E-state index is 0.558. The summed E-state index contributed by atoms with van der Waals surface area (Å²) in [7, 11) is 0. The van der Waals surface area contributed by atoms with E-state index in [1.165, 1.54) is 18.4 Å². The van der Waals surface area contributed by atoms with Gasteiger partial charge in [-0.15, -0.1) is 0 Å². The number of ether oxygens (including phenoxy) is 2. The Bertz CT molecular complexity index is 692. The third kappa shape index (κ3) is 3.49. The molecule has 1 atom stereocenters. The molecule has 6 nitrogen and oxygen atoms in total. The van der Waals surface area contributed by atoms with Gasteiger partial charge in [-0.25, -0.2) is 4.98 Å². The van der Waals surface area contributed by atoms with E-state index in [9.17, 15) is 0 Å². The van der Waals surface area contributed by atoms with Crippen LogP contribution in [0.3, 0.4) is 0 Å². The van der Waals surface area contributed by atoms with Crippen LogP contribution in [0.25, 0.3) is 0 Å². The fraction of sp³-hybridized carbons (Fsp3) is 0.529. The van der Waals surface area contributed by atoms with Crippen molar-refractivity contribution in [3.63, 3.8) is 0 Å². The lowest BCUT2D eigenvalue weighted by molar-refractivity contribution is 0.151. The Hall–Kier alpha value is -1.79. The van der Waals surface area contributed by atoms with Crippen LogP contribution >= 0.6 is 11.6 Å². The van der Waals surface area contributed by atoms with Crippen molar-refractivity contribution in [1.82, 2.24) is 19.7 Å². The number of halogens is 1. The molecule has 1 fully saturated rings. The Morgan fingerprint density at radius 1 is 1.25 bits per heavy atom. The molecule has 2 aromatic rings. The average molecular weight is 349 g/mol. The van der Waals surface area contributed by atoms with Crippen molar-refractivity contribution in [2.75, 3.05) is 26.3 Å². The number of rotatable bonds is 4. The highest BCUT2D eigenvalue weighted by Gasteiger charge is 2.22. The maximum Gasteiger partial charge on any atom is 0.179 e. The number of nitrogens with zero attached hydrogens (tertiary/aromatic N) is 4. The molecule has 0 saturated carbocycles. The van der Waals surface area contributed by atoms with Crippen LogP contribution in [0.15, 0.2) is 24.8 Å². The molecule has 0 amide bonds. The summed E-state index contributed by atoms with van der Waals surface area (Å²) < 4.78 is 13.2. The average Bonchev–Trinajstić information content (AvgIpc) is 3.08. The topological polar surface area (TPSA) is 52.4 Å². The molecule has 3 heterocycles. The summed E-state index contributed by atoms with van der Waals surface area (Å²) in [5, 5.41) is 4.86. The van der Waals surface area contributed by atoms with Gasteiger partial charge in [0.15, 0.2) is 11.5 Å². The minimum Gasteiger partial charge on any atom is -0.486 e. The summed E-state index contributed by atoms with van der Waals surface area (Å²) in [6, 6.07) is 4.05. The van der Waals surface area contributed by atoms with Crippen LogP contribution in [0, 0.1) is 5.92 Å². The van der Waals surface area contributed by atoms with Crippen molar-refractivity contribution in [1.29, 1.82) is 0 Å². The van der Waals surface area contributed by atoms with Crippen LogP contribution in [0.5, 0.6) is 11.5 Å². The Morgan fingerprint density at radius 2 is 2.17 bits per heavy atom. The zero-order chi connectivity index (χ0) is 16.4. The molecule has 128 valence electrons. The molecule has 0 bridgehead atoms. The van der Waals surface area contributed by atoms with E-state index in [1.807, 2.05) is 10.7 Å². The van der Waals surface area contributed by atoms with Gasteiger partial charge in [0.1, 0.15) is 25.9 Å². The summed E-state index contributed by atoms with van der Waals surface area (Å²) in [6.45, 7) is 5.12. The molecular formula is C17H21ClN4O2. The first-order chi connectivity index (χ1) is 11.8. The zero-order valence-electron chi connectivity index (χ0n) is 13.5. The van der Waals surface area contributed by atoms with E-state index in [2.05, 4.69) is 21.0 Å². The summed E-state index contributed by atoms with van der Waals surface area (Å²) >= 11 is 6.35. The first-order valence-corrected chi connectivity index (χ1v) is 8.78. The second kappa shape index (κ2) is 6.99. The predicted molar refractivity (Wildman–Crippen MR) is 90.5 cm³/mol. The summed E-state index contributed by atoms with van der Waals surface area (Å²) in [6.07, 6.45) is 5.83. The Kier molecular flexibility index (Phi) is 4.58. The molecule has 1 unspecified atom stereocenters. The molecule has 0 N–H and O–H groups in total. The van der Waals surface area contributed by atoms with E-state index >= 15 is 0 Å². The first-order valence-electron chi connectivity index (χ1n) is 8.41. The maximum absolute atomic E-state index is 6.35. The van der Waals surface area contributed by atoms with Gasteiger partial charge in [-0.05, 0) is 43.0 Å². The first kappa shape index (κ1) is 15.7. The highest BCUT2D eigenvalue weighted by molar-refractivity contribution is 6.32. The Balaban J connectivity index is 1.42. The van der Waals surface area contributed by atoms with Crippen LogP contribution < -0.4 is 9.47 Å². The van der Waals surface area contributed by atoms with Crippen LogP contribution in [0.1, 0.15) is 18.4 Å². The molecule has 1 saturated heterocycles. The molecule has 1 aromatic heterocycles. The second-order valence-corrected chi connectivity index (χ2v) is 6.87. The van der Waals surface area contributed by atoms with Gasteiger partial charge in [0.05, 0.1) is 5.02 Å². The van der Waals surface area contributed by atoms with E-state index in [0.29, 0.717) is 29.9 Å². The van der Waals surface area contributed by atoms with E-state index in [4.69, 9.17) is 21.1 Å². The normalized spacial score (nSPS) is 21.0. The van der Waals surface area contributed by atoms with Crippen molar-refractivity contribution in [2.45, 2.75) is 25.9 Å². The molecule has 2 aliphatic heterocycles. The molecule has 0 spiro atoms. The van der Waals surface area contributed by atoms with Crippen LogP contribution in [-0.4, -0.2) is 46.0 Å². The molecule has 7 heteroatoms. The standard InChI is InChI=1S/C17H21ClN4O2/c18-15-6-14(7-16-17(15)24-5-4-23-16)9-21-3-1-2-13(8-21)10-22-12-19-11-20-22/h6-7,11-13H,1-5,8-10H2. The minimum atomic E-state index is 0.558. The van der Waals surface area contributed by atoms with Crippen molar-refractivity contribution in [2.24, 2.45) is 5.92 Å². The fourth-order valence-corrected chi connectivity index (χ4v) is 3.84. The molecule has 2 aliphatic rings. The van der Waals surface area contributed by atoms with Gasteiger partial charge in [0.25, 0.3) is 0 Å². The maximum atomic E-state index is 6.35. The highest BCUT2D eigenvalue weighted by Crippen LogP contribution is 2.38. The highest BCUT2D eigenvalue weighted by atomic mass is 35.5. The van der Waals surface area contributed by atoms with Gasteiger partial charge >= 0.3 is 0 Å². The van der Waals surface area contributed by atoms with E-state index in [1.54, 1.807) is 12.7 Å². The van der Waals surface area contributed by atoms with Gasteiger partial charge in [0, 0.05) is 19.6 Å². The lowest BCUT2D eigenvalue weighted by Gasteiger charge is -2.33. The van der Waals surface area contributed by atoms with E-state index in [0.717, 1.165) is 31.9 Å². The van der Waals surface area contributed by atoms with Crippen molar-refractivity contribution < 1.29 is 9.47 Å². The Labute approximate surface area is 146 Å². The smallest absolute Gasteiger partial charge is 0.179 e. The molecule has 1 aromatic carbocycles. The van der Waals surface area contributed by atoms with Gasteiger partial charge in [-0.1, -0.05) is 11.6 Å². The monoisotopic (exact) mass is 348 g/mol. The fourth-order valence-electron chi connectivity index (χ4n) is 3.55. The van der Waals surface area contributed by atoms with Gasteiger partial charge in [0.2, 0.25) is 0 Å². The van der Waals surface area contributed by atoms with Crippen molar-refractivity contribution in [3.05, 3.63) is 35.4 Å². The summed E-state index contributed by atoms with van der Waals surface area (Å²) in [5.41, 5.74) is 1.17. The van der Waals surface area contributed by atoms with Gasteiger partial charge in [-0.2, -0.15) is 5.10 Å². The number of likely N-dealkylation sites (tertiary alicyclic amines) is 1. The quantitative estimate of drug-likeness (QED) is 0.850.